The zero-order chi connectivity index (χ0) is 13.1. The van der Waals surface area contributed by atoms with E-state index in [1.165, 1.54) is 12.8 Å². The third-order valence-corrected chi connectivity index (χ3v) is 3.31. The molecule has 0 spiro atoms. The Morgan fingerprint density at radius 3 is 2.56 bits per heavy atom. The van der Waals surface area contributed by atoms with Gasteiger partial charge in [0.1, 0.15) is 11.5 Å². The number of aliphatic hydroxyl groups excluding tert-OH is 1. The van der Waals surface area contributed by atoms with E-state index in [-0.39, 0.29) is 6.04 Å². The molecule has 4 nitrogen and oxygen atoms in total. The number of rotatable bonds is 6. The maximum absolute atomic E-state index is 10.4. The average molecular weight is 251 g/mol. The van der Waals surface area contributed by atoms with Gasteiger partial charge in [-0.1, -0.05) is 0 Å². The summed E-state index contributed by atoms with van der Waals surface area (Å²) in [5, 5.41) is 13.8. The Morgan fingerprint density at radius 2 is 2.00 bits per heavy atom. The fraction of sp³-hybridized carbons (Fsp3) is 0.571. The Morgan fingerprint density at radius 1 is 1.28 bits per heavy atom. The summed E-state index contributed by atoms with van der Waals surface area (Å²) in [5.74, 6) is 1.41. The van der Waals surface area contributed by atoms with Gasteiger partial charge in [0.25, 0.3) is 0 Å². The molecule has 1 fully saturated rings. The van der Waals surface area contributed by atoms with Crippen LogP contribution in [0.15, 0.2) is 18.2 Å². The lowest BCUT2D eigenvalue weighted by Gasteiger charge is -2.22. The summed E-state index contributed by atoms with van der Waals surface area (Å²) < 4.78 is 10.5. The monoisotopic (exact) mass is 251 g/mol. The van der Waals surface area contributed by atoms with Gasteiger partial charge in [-0.15, -0.1) is 0 Å². The highest BCUT2D eigenvalue weighted by atomic mass is 16.5. The van der Waals surface area contributed by atoms with E-state index >= 15 is 0 Å². The highest BCUT2D eigenvalue weighted by Gasteiger charge is 2.27. The topological polar surface area (TPSA) is 50.7 Å². The number of ether oxygens (including phenoxy) is 2. The third-order valence-electron chi connectivity index (χ3n) is 3.31. The number of nitrogens with one attached hydrogen (secondary N) is 1. The molecule has 0 bridgehead atoms. The summed E-state index contributed by atoms with van der Waals surface area (Å²) in [4.78, 5) is 0. The van der Waals surface area contributed by atoms with Gasteiger partial charge in [0.15, 0.2) is 0 Å². The van der Waals surface area contributed by atoms with Gasteiger partial charge in [-0.25, -0.2) is 0 Å². The van der Waals surface area contributed by atoms with E-state index in [1.807, 2.05) is 25.1 Å². The Hall–Kier alpha value is -1.26. The van der Waals surface area contributed by atoms with Crippen molar-refractivity contribution in [3.63, 3.8) is 0 Å². The van der Waals surface area contributed by atoms with E-state index in [0.29, 0.717) is 11.8 Å². The summed E-state index contributed by atoms with van der Waals surface area (Å²) in [6, 6.07) is 6.04. The standard InChI is InChI=1S/C14H21NO3/c1-9(15-10-4-5-10)14(16)12-8-11(17-2)6-7-13(12)18-3/h6-10,14-16H,4-5H2,1-3H3. The van der Waals surface area contributed by atoms with Gasteiger partial charge in [0.2, 0.25) is 0 Å². The van der Waals surface area contributed by atoms with Crippen molar-refractivity contribution in [2.24, 2.45) is 0 Å². The van der Waals surface area contributed by atoms with Crippen molar-refractivity contribution in [2.75, 3.05) is 14.2 Å². The Kier molecular flexibility index (Phi) is 4.09. The minimum absolute atomic E-state index is 0.00138. The van der Waals surface area contributed by atoms with Gasteiger partial charge in [0, 0.05) is 17.6 Å². The maximum Gasteiger partial charge on any atom is 0.124 e. The minimum Gasteiger partial charge on any atom is -0.497 e. The fourth-order valence-electron chi connectivity index (χ4n) is 2.05. The van der Waals surface area contributed by atoms with Crippen molar-refractivity contribution in [2.45, 2.75) is 38.0 Å². The quantitative estimate of drug-likeness (QED) is 0.810. The first kappa shape index (κ1) is 13.2. The molecular formula is C14H21NO3. The van der Waals surface area contributed by atoms with Crippen molar-refractivity contribution in [3.8, 4) is 11.5 Å². The second-order valence-electron chi connectivity index (χ2n) is 4.78. The Balaban J connectivity index is 2.17. The molecule has 1 aliphatic rings. The molecule has 1 aromatic carbocycles. The van der Waals surface area contributed by atoms with Gasteiger partial charge < -0.3 is 19.9 Å². The normalized spacial score (nSPS) is 18.2. The number of hydrogen-bond acceptors (Lipinski definition) is 4. The smallest absolute Gasteiger partial charge is 0.124 e. The lowest BCUT2D eigenvalue weighted by molar-refractivity contribution is 0.131. The SMILES string of the molecule is COc1ccc(OC)c(C(O)C(C)NC2CC2)c1. The first-order chi connectivity index (χ1) is 8.65. The minimum atomic E-state index is -0.601. The molecule has 0 aliphatic heterocycles. The largest absolute Gasteiger partial charge is 0.497 e. The number of hydrogen-bond donors (Lipinski definition) is 2. The number of methoxy groups -OCH3 is 2. The van der Waals surface area contributed by atoms with Crippen molar-refractivity contribution in [1.82, 2.24) is 5.32 Å². The molecular weight excluding hydrogens is 230 g/mol. The molecule has 100 valence electrons. The van der Waals surface area contributed by atoms with Gasteiger partial charge >= 0.3 is 0 Å². The highest BCUT2D eigenvalue weighted by Crippen LogP contribution is 2.32. The molecule has 2 rings (SSSR count). The van der Waals surface area contributed by atoms with Gasteiger partial charge in [-0.2, -0.15) is 0 Å². The van der Waals surface area contributed by atoms with E-state index in [9.17, 15) is 5.11 Å². The lowest BCUT2D eigenvalue weighted by atomic mass is 10.0. The number of aliphatic hydroxyl groups is 1. The predicted octanol–water partition coefficient (Wildman–Crippen LogP) is 1.88. The van der Waals surface area contributed by atoms with Gasteiger partial charge in [-0.3, -0.25) is 0 Å². The molecule has 2 atom stereocenters. The van der Waals surface area contributed by atoms with Gasteiger partial charge in [0.05, 0.1) is 20.3 Å². The van der Waals surface area contributed by atoms with Crippen molar-refractivity contribution < 1.29 is 14.6 Å². The summed E-state index contributed by atoms with van der Waals surface area (Å²) in [6.07, 6.45) is 1.80. The van der Waals surface area contributed by atoms with Gasteiger partial charge in [-0.05, 0) is 38.0 Å². The fourth-order valence-corrected chi connectivity index (χ4v) is 2.05. The van der Waals surface area contributed by atoms with Crippen LogP contribution in [0.3, 0.4) is 0 Å². The molecule has 1 saturated carbocycles. The molecule has 1 aromatic rings. The second-order valence-corrected chi connectivity index (χ2v) is 4.78. The van der Waals surface area contributed by atoms with Crippen LogP contribution in [0.5, 0.6) is 11.5 Å². The van der Waals surface area contributed by atoms with Crippen LogP contribution in [0.2, 0.25) is 0 Å². The Labute approximate surface area is 108 Å². The average Bonchev–Trinajstić information content (AvgIpc) is 3.20. The third kappa shape index (κ3) is 2.94. The summed E-state index contributed by atoms with van der Waals surface area (Å²) in [5.41, 5.74) is 0.762. The van der Waals surface area contributed by atoms with Crippen LogP contribution in [-0.2, 0) is 0 Å². The predicted molar refractivity (Wildman–Crippen MR) is 70.1 cm³/mol. The molecule has 2 unspecified atom stereocenters. The van der Waals surface area contributed by atoms with Crippen molar-refractivity contribution >= 4 is 0 Å². The Bertz CT molecular complexity index is 404. The number of benzene rings is 1. The van der Waals surface area contributed by atoms with Crippen LogP contribution in [0.4, 0.5) is 0 Å². The molecule has 0 amide bonds. The zero-order valence-electron chi connectivity index (χ0n) is 11.1. The second kappa shape index (κ2) is 5.59. The van der Waals surface area contributed by atoms with E-state index in [4.69, 9.17) is 9.47 Å². The van der Waals surface area contributed by atoms with Crippen LogP contribution < -0.4 is 14.8 Å². The lowest BCUT2D eigenvalue weighted by Crippen LogP contribution is -2.33. The van der Waals surface area contributed by atoms with Crippen molar-refractivity contribution in [1.29, 1.82) is 0 Å². The molecule has 18 heavy (non-hydrogen) atoms. The summed E-state index contributed by atoms with van der Waals surface area (Å²) in [6.45, 7) is 1.99. The molecule has 0 aromatic heterocycles. The molecule has 0 radical (unpaired) electrons. The molecule has 4 heteroatoms. The first-order valence-electron chi connectivity index (χ1n) is 6.31. The first-order valence-corrected chi connectivity index (χ1v) is 6.31. The van der Waals surface area contributed by atoms with Crippen LogP contribution in [0, 0.1) is 0 Å². The van der Waals surface area contributed by atoms with Crippen LogP contribution in [-0.4, -0.2) is 31.4 Å². The summed E-state index contributed by atoms with van der Waals surface area (Å²) in [7, 11) is 3.22. The van der Waals surface area contributed by atoms with Crippen LogP contribution in [0.25, 0.3) is 0 Å². The van der Waals surface area contributed by atoms with E-state index in [0.717, 1.165) is 11.3 Å². The molecule has 0 saturated heterocycles. The molecule has 1 aliphatic carbocycles. The highest BCUT2D eigenvalue weighted by molar-refractivity contribution is 5.42. The van der Waals surface area contributed by atoms with Crippen molar-refractivity contribution in [3.05, 3.63) is 23.8 Å². The van der Waals surface area contributed by atoms with E-state index < -0.39 is 6.10 Å². The van der Waals surface area contributed by atoms with E-state index in [1.54, 1.807) is 14.2 Å². The van der Waals surface area contributed by atoms with E-state index in [2.05, 4.69) is 5.32 Å². The maximum atomic E-state index is 10.4. The molecule has 2 N–H and O–H groups in total. The summed E-state index contributed by atoms with van der Waals surface area (Å²) >= 11 is 0. The molecule has 0 heterocycles. The zero-order valence-corrected chi connectivity index (χ0v) is 11.1. The van der Waals surface area contributed by atoms with Crippen LogP contribution >= 0.6 is 0 Å². The van der Waals surface area contributed by atoms with Crippen LogP contribution in [0.1, 0.15) is 31.4 Å².